The number of hydrogen-bond donors (Lipinski definition) is 2. The van der Waals surface area contributed by atoms with Crippen molar-refractivity contribution >= 4 is 21.6 Å². The summed E-state index contributed by atoms with van der Waals surface area (Å²) in [6.45, 7) is 2.13. The molecule has 0 atom stereocenters. The van der Waals surface area contributed by atoms with Crippen LogP contribution in [0.25, 0.3) is 0 Å². The van der Waals surface area contributed by atoms with E-state index in [0.717, 1.165) is 12.1 Å². The molecule has 2 N–H and O–H groups in total. The maximum absolute atomic E-state index is 13.5. The molecular weight excluding hydrogens is 338 g/mol. The van der Waals surface area contributed by atoms with Gasteiger partial charge in [0, 0.05) is 12.1 Å². The fourth-order valence-corrected chi connectivity index (χ4v) is 3.04. The zero-order valence-electron chi connectivity index (χ0n) is 12.8. The number of sulfonamides is 1. The van der Waals surface area contributed by atoms with E-state index < -0.39 is 33.3 Å². The van der Waals surface area contributed by atoms with Crippen LogP contribution in [0.1, 0.15) is 23.7 Å². The number of hydrogen-bond acceptors (Lipinski definition) is 3. The Morgan fingerprint density at radius 1 is 1.04 bits per heavy atom. The van der Waals surface area contributed by atoms with Gasteiger partial charge in [0.05, 0.1) is 4.90 Å². The van der Waals surface area contributed by atoms with Crippen molar-refractivity contribution in [3.05, 3.63) is 59.7 Å². The van der Waals surface area contributed by atoms with Crippen LogP contribution in [0, 0.1) is 11.6 Å². The van der Waals surface area contributed by atoms with Crippen LogP contribution in [-0.2, 0) is 10.0 Å². The summed E-state index contributed by atoms with van der Waals surface area (Å²) in [5.74, 6) is -2.54. The molecule has 0 aliphatic rings. The molecule has 0 spiro atoms. The molecule has 1 amide bonds. The van der Waals surface area contributed by atoms with Gasteiger partial charge >= 0.3 is 0 Å². The van der Waals surface area contributed by atoms with Gasteiger partial charge in [0.25, 0.3) is 5.91 Å². The molecule has 0 aliphatic carbocycles. The minimum atomic E-state index is -3.64. The lowest BCUT2D eigenvalue weighted by Crippen LogP contribution is -2.24. The minimum absolute atomic E-state index is 0.00423. The first-order valence-corrected chi connectivity index (χ1v) is 8.68. The van der Waals surface area contributed by atoms with Crippen LogP contribution in [0.4, 0.5) is 14.5 Å². The van der Waals surface area contributed by atoms with Crippen molar-refractivity contribution in [3.63, 3.8) is 0 Å². The van der Waals surface area contributed by atoms with Crippen molar-refractivity contribution in [2.24, 2.45) is 0 Å². The van der Waals surface area contributed by atoms with E-state index in [1.54, 1.807) is 0 Å². The molecule has 0 fully saturated rings. The molecule has 0 unspecified atom stereocenters. The highest BCUT2D eigenvalue weighted by molar-refractivity contribution is 7.89. The van der Waals surface area contributed by atoms with Crippen LogP contribution >= 0.6 is 0 Å². The molecule has 0 heterocycles. The van der Waals surface area contributed by atoms with E-state index in [2.05, 4.69) is 10.0 Å². The van der Waals surface area contributed by atoms with Crippen molar-refractivity contribution in [3.8, 4) is 0 Å². The van der Waals surface area contributed by atoms with Crippen LogP contribution in [0.3, 0.4) is 0 Å². The molecule has 128 valence electrons. The van der Waals surface area contributed by atoms with Gasteiger partial charge in [0.15, 0.2) is 0 Å². The molecule has 0 saturated carbocycles. The largest absolute Gasteiger partial charge is 0.317 e. The number of anilines is 1. The van der Waals surface area contributed by atoms with Crippen molar-refractivity contribution in [1.82, 2.24) is 4.72 Å². The third-order valence-electron chi connectivity index (χ3n) is 3.17. The summed E-state index contributed by atoms with van der Waals surface area (Å²) in [7, 11) is -3.64. The number of para-hydroxylation sites is 1. The third-order valence-corrected chi connectivity index (χ3v) is 4.65. The lowest BCUT2D eigenvalue weighted by Gasteiger charge is -2.09. The number of amides is 1. The first-order chi connectivity index (χ1) is 11.3. The average molecular weight is 354 g/mol. The normalized spacial score (nSPS) is 11.3. The molecule has 0 aromatic heterocycles. The predicted octanol–water partition coefficient (Wildman–Crippen LogP) is 2.91. The summed E-state index contributed by atoms with van der Waals surface area (Å²) in [4.78, 5) is 12.0. The molecule has 2 aromatic rings. The maximum Gasteiger partial charge on any atom is 0.255 e. The van der Waals surface area contributed by atoms with Crippen LogP contribution in [0.2, 0.25) is 0 Å². The Bertz CT molecular complexity index is 817. The summed E-state index contributed by atoms with van der Waals surface area (Å²) in [6.07, 6.45) is 0.647. The number of halogens is 2. The Hall–Kier alpha value is -2.32. The van der Waals surface area contributed by atoms with Crippen molar-refractivity contribution in [1.29, 1.82) is 0 Å². The Balaban J connectivity index is 2.17. The second-order valence-corrected chi connectivity index (χ2v) is 6.74. The van der Waals surface area contributed by atoms with Gasteiger partial charge in [-0.1, -0.05) is 13.0 Å². The summed E-state index contributed by atoms with van der Waals surface area (Å²) >= 11 is 0. The Morgan fingerprint density at radius 2 is 1.62 bits per heavy atom. The fourth-order valence-electron chi connectivity index (χ4n) is 1.91. The number of rotatable bonds is 6. The highest BCUT2D eigenvalue weighted by Crippen LogP contribution is 2.19. The van der Waals surface area contributed by atoms with Gasteiger partial charge in [-0.05, 0) is 42.8 Å². The van der Waals surface area contributed by atoms with Crippen LogP contribution in [-0.4, -0.2) is 20.9 Å². The number of carbonyl (C=O) groups excluding carboxylic acids is 1. The molecule has 5 nitrogen and oxygen atoms in total. The van der Waals surface area contributed by atoms with Crippen LogP contribution in [0.5, 0.6) is 0 Å². The zero-order valence-corrected chi connectivity index (χ0v) is 13.7. The second-order valence-electron chi connectivity index (χ2n) is 4.97. The average Bonchev–Trinajstić information content (AvgIpc) is 2.56. The summed E-state index contributed by atoms with van der Waals surface area (Å²) in [5.41, 5.74) is -0.476. The van der Waals surface area contributed by atoms with Gasteiger partial charge < -0.3 is 5.32 Å². The molecule has 0 bridgehead atoms. The smallest absolute Gasteiger partial charge is 0.255 e. The van der Waals surface area contributed by atoms with E-state index in [9.17, 15) is 22.0 Å². The first kappa shape index (κ1) is 18.0. The van der Waals surface area contributed by atoms with Crippen molar-refractivity contribution in [2.75, 3.05) is 11.9 Å². The first-order valence-electron chi connectivity index (χ1n) is 7.20. The lowest BCUT2D eigenvalue weighted by molar-refractivity contribution is 0.102. The molecule has 8 heteroatoms. The zero-order chi connectivity index (χ0) is 17.7. The SMILES string of the molecule is CCCNS(=O)(=O)c1ccc(C(=O)Nc2c(F)cccc2F)cc1. The van der Waals surface area contributed by atoms with Gasteiger partial charge in [-0.15, -0.1) is 0 Å². The second kappa shape index (κ2) is 7.50. The van der Waals surface area contributed by atoms with E-state index in [-0.39, 0.29) is 10.5 Å². The van der Waals surface area contributed by atoms with Crippen LogP contribution < -0.4 is 10.0 Å². The molecule has 2 aromatic carbocycles. The highest BCUT2D eigenvalue weighted by Gasteiger charge is 2.16. The molecule has 0 saturated heterocycles. The van der Waals surface area contributed by atoms with Gasteiger partial charge in [-0.25, -0.2) is 21.9 Å². The quantitative estimate of drug-likeness (QED) is 0.838. The Labute approximate surface area is 138 Å². The van der Waals surface area contributed by atoms with Gasteiger partial charge in [0.2, 0.25) is 10.0 Å². The Morgan fingerprint density at radius 3 is 2.17 bits per heavy atom. The number of benzene rings is 2. The third kappa shape index (κ3) is 4.15. The van der Waals surface area contributed by atoms with E-state index in [1.165, 1.54) is 30.3 Å². The Kier molecular flexibility index (Phi) is 5.63. The molecule has 2 rings (SSSR count). The molecule has 0 aliphatic heterocycles. The standard InChI is InChI=1S/C16H16F2N2O3S/c1-2-10-19-24(22,23)12-8-6-11(7-9-12)16(21)20-15-13(17)4-3-5-14(15)18/h3-9,19H,2,10H2,1H3,(H,20,21). The maximum atomic E-state index is 13.5. The van der Waals surface area contributed by atoms with E-state index in [1.807, 2.05) is 6.92 Å². The van der Waals surface area contributed by atoms with E-state index >= 15 is 0 Å². The monoisotopic (exact) mass is 354 g/mol. The summed E-state index contributed by atoms with van der Waals surface area (Å²) in [5, 5.41) is 2.13. The van der Waals surface area contributed by atoms with E-state index in [4.69, 9.17) is 0 Å². The van der Waals surface area contributed by atoms with Gasteiger partial charge in [-0.3, -0.25) is 4.79 Å². The van der Waals surface area contributed by atoms with Gasteiger partial charge in [-0.2, -0.15) is 0 Å². The molecule has 24 heavy (non-hydrogen) atoms. The topological polar surface area (TPSA) is 75.3 Å². The molecular formula is C16H16F2N2O3S. The number of nitrogens with one attached hydrogen (secondary N) is 2. The molecule has 0 radical (unpaired) electrons. The summed E-state index contributed by atoms with van der Waals surface area (Å²) < 4.78 is 53.3. The van der Waals surface area contributed by atoms with Crippen molar-refractivity contribution < 1.29 is 22.0 Å². The van der Waals surface area contributed by atoms with Gasteiger partial charge in [0.1, 0.15) is 17.3 Å². The highest BCUT2D eigenvalue weighted by atomic mass is 32.2. The van der Waals surface area contributed by atoms with E-state index in [0.29, 0.717) is 13.0 Å². The van der Waals surface area contributed by atoms with Crippen LogP contribution in [0.15, 0.2) is 47.4 Å². The van der Waals surface area contributed by atoms with Crippen molar-refractivity contribution in [2.45, 2.75) is 18.2 Å². The predicted molar refractivity (Wildman–Crippen MR) is 86.2 cm³/mol. The fraction of sp³-hybridized carbons (Fsp3) is 0.188. The lowest BCUT2D eigenvalue weighted by atomic mass is 10.2. The number of carbonyl (C=O) groups is 1. The minimum Gasteiger partial charge on any atom is -0.317 e. The summed E-state index contributed by atoms with van der Waals surface area (Å²) in [6, 6.07) is 8.28.